The highest BCUT2D eigenvalue weighted by Gasteiger charge is 2.11. The predicted octanol–water partition coefficient (Wildman–Crippen LogP) is 4.43. The number of hydrogen-bond acceptors (Lipinski definition) is 4. The molecule has 0 saturated carbocycles. The number of hydrogen-bond donors (Lipinski definition) is 1. The molecule has 1 amide bonds. The molecule has 27 heavy (non-hydrogen) atoms. The van der Waals surface area contributed by atoms with E-state index in [4.69, 9.17) is 4.74 Å². The van der Waals surface area contributed by atoms with E-state index in [9.17, 15) is 9.59 Å². The molecule has 0 heterocycles. The molecule has 3 rings (SSSR count). The zero-order valence-electron chi connectivity index (χ0n) is 14.1. The van der Waals surface area contributed by atoms with E-state index in [2.05, 4.69) is 26.5 Å². The van der Waals surface area contributed by atoms with Crippen molar-refractivity contribution in [2.24, 2.45) is 5.10 Å². The van der Waals surface area contributed by atoms with Crippen LogP contribution in [0.1, 0.15) is 26.3 Å². The number of ether oxygens (including phenoxy) is 1. The van der Waals surface area contributed by atoms with E-state index in [0.29, 0.717) is 22.4 Å². The number of esters is 1. The summed E-state index contributed by atoms with van der Waals surface area (Å²) in [5.74, 6) is -0.463. The first-order chi connectivity index (χ1) is 13.1. The van der Waals surface area contributed by atoms with Crippen LogP contribution in [0.3, 0.4) is 0 Å². The first-order valence-corrected chi connectivity index (χ1v) is 8.88. The van der Waals surface area contributed by atoms with Crippen LogP contribution < -0.4 is 10.2 Å². The second-order valence-electron chi connectivity index (χ2n) is 5.50. The average Bonchev–Trinajstić information content (AvgIpc) is 2.71. The predicted molar refractivity (Wildman–Crippen MR) is 107 cm³/mol. The van der Waals surface area contributed by atoms with Gasteiger partial charge in [0.1, 0.15) is 5.75 Å². The molecule has 0 radical (unpaired) electrons. The summed E-state index contributed by atoms with van der Waals surface area (Å²) < 4.78 is 6.25. The van der Waals surface area contributed by atoms with Crippen LogP contribution in [0.15, 0.2) is 88.4 Å². The standard InChI is InChI=1S/C21H15BrN2O3/c22-18-11-12-19(27-21(26)16-9-5-2-6-10-16)17(13-18)14-23-24-20(25)15-7-3-1-4-8-15/h1-14H,(H,24,25)/b23-14-. The highest BCUT2D eigenvalue weighted by atomic mass is 79.9. The molecule has 134 valence electrons. The molecule has 3 aromatic carbocycles. The van der Waals surface area contributed by atoms with Gasteiger partial charge < -0.3 is 4.74 Å². The third kappa shape index (κ3) is 5.12. The number of amides is 1. The van der Waals surface area contributed by atoms with Crippen molar-refractivity contribution in [2.45, 2.75) is 0 Å². The van der Waals surface area contributed by atoms with Gasteiger partial charge in [-0.15, -0.1) is 0 Å². The summed E-state index contributed by atoms with van der Waals surface area (Å²) in [6.45, 7) is 0. The van der Waals surface area contributed by atoms with Crippen molar-refractivity contribution in [1.82, 2.24) is 5.43 Å². The van der Waals surface area contributed by atoms with Gasteiger partial charge in [0.2, 0.25) is 0 Å². The normalized spacial score (nSPS) is 10.6. The van der Waals surface area contributed by atoms with E-state index >= 15 is 0 Å². The molecule has 3 aromatic rings. The monoisotopic (exact) mass is 422 g/mol. The summed E-state index contributed by atoms with van der Waals surface area (Å²) >= 11 is 3.38. The highest BCUT2D eigenvalue weighted by Crippen LogP contribution is 2.23. The van der Waals surface area contributed by atoms with Gasteiger partial charge in [0.25, 0.3) is 5.91 Å². The Hall–Kier alpha value is -3.25. The van der Waals surface area contributed by atoms with Crippen LogP contribution >= 0.6 is 15.9 Å². The fraction of sp³-hybridized carbons (Fsp3) is 0. The summed E-state index contributed by atoms with van der Waals surface area (Å²) in [6.07, 6.45) is 1.43. The number of carbonyl (C=O) groups excluding carboxylic acids is 2. The maximum Gasteiger partial charge on any atom is 0.343 e. The quantitative estimate of drug-likeness (QED) is 0.286. The van der Waals surface area contributed by atoms with Crippen LogP contribution in [0.2, 0.25) is 0 Å². The molecule has 0 atom stereocenters. The molecular weight excluding hydrogens is 408 g/mol. The van der Waals surface area contributed by atoms with Gasteiger partial charge in [0.15, 0.2) is 0 Å². The number of nitrogens with zero attached hydrogens (tertiary/aromatic N) is 1. The van der Waals surface area contributed by atoms with Gasteiger partial charge in [0, 0.05) is 15.6 Å². The fourth-order valence-electron chi connectivity index (χ4n) is 2.26. The van der Waals surface area contributed by atoms with Crippen molar-refractivity contribution in [3.63, 3.8) is 0 Å². The molecule has 5 nitrogen and oxygen atoms in total. The second kappa shape index (κ2) is 8.91. The number of nitrogens with one attached hydrogen (secondary N) is 1. The first-order valence-electron chi connectivity index (χ1n) is 8.09. The molecule has 1 N–H and O–H groups in total. The van der Waals surface area contributed by atoms with Crippen LogP contribution in [0.25, 0.3) is 0 Å². The number of rotatable bonds is 5. The lowest BCUT2D eigenvalue weighted by Crippen LogP contribution is -2.17. The molecule has 6 heteroatoms. The first kappa shape index (κ1) is 18.5. The Morgan fingerprint density at radius 1 is 0.889 bits per heavy atom. The van der Waals surface area contributed by atoms with E-state index in [-0.39, 0.29) is 5.91 Å². The lowest BCUT2D eigenvalue weighted by molar-refractivity contribution is 0.0734. The third-order valence-electron chi connectivity index (χ3n) is 3.59. The van der Waals surface area contributed by atoms with Crippen molar-refractivity contribution in [3.8, 4) is 5.75 Å². The molecule has 0 aliphatic rings. The topological polar surface area (TPSA) is 67.8 Å². The summed E-state index contributed by atoms with van der Waals surface area (Å²) in [5.41, 5.74) is 3.94. The molecule has 0 aromatic heterocycles. The molecule has 0 aliphatic heterocycles. The van der Waals surface area contributed by atoms with Gasteiger partial charge in [-0.2, -0.15) is 5.10 Å². The summed E-state index contributed by atoms with van der Waals surface area (Å²) in [5, 5.41) is 3.96. The Balaban J connectivity index is 1.74. The van der Waals surface area contributed by atoms with E-state index in [0.717, 1.165) is 4.47 Å². The number of halogens is 1. The fourth-order valence-corrected chi connectivity index (χ4v) is 2.64. The molecule has 0 unspecified atom stereocenters. The Morgan fingerprint density at radius 2 is 1.52 bits per heavy atom. The van der Waals surface area contributed by atoms with E-state index < -0.39 is 5.97 Å². The van der Waals surface area contributed by atoms with Crippen molar-refractivity contribution >= 4 is 34.0 Å². The summed E-state index contributed by atoms with van der Waals surface area (Å²) in [6, 6.07) is 22.6. The van der Waals surface area contributed by atoms with Crippen molar-refractivity contribution in [1.29, 1.82) is 0 Å². The van der Waals surface area contributed by atoms with Crippen LogP contribution in [-0.2, 0) is 0 Å². The number of hydrazone groups is 1. The maximum atomic E-state index is 12.3. The van der Waals surface area contributed by atoms with Gasteiger partial charge in [-0.25, -0.2) is 10.2 Å². The highest BCUT2D eigenvalue weighted by molar-refractivity contribution is 9.10. The van der Waals surface area contributed by atoms with Gasteiger partial charge in [0.05, 0.1) is 11.8 Å². The Labute approximate surface area is 164 Å². The Bertz CT molecular complexity index is 973. The minimum Gasteiger partial charge on any atom is -0.422 e. The molecule has 0 saturated heterocycles. The van der Waals surface area contributed by atoms with E-state index in [1.165, 1.54) is 6.21 Å². The van der Waals surface area contributed by atoms with Gasteiger partial charge in [-0.05, 0) is 42.5 Å². The van der Waals surface area contributed by atoms with E-state index in [1.807, 2.05) is 12.1 Å². The largest absolute Gasteiger partial charge is 0.422 e. The SMILES string of the molecule is O=C(N/N=C\c1cc(Br)ccc1OC(=O)c1ccccc1)c1ccccc1. The smallest absolute Gasteiger partial charge is 0.343 e. The summed E-state index contributed by atoms with van der Waals surface area (Å²) in [4.78, 5) is 24.3. The van der Waals surface area contributed by atoms with Crippen LogP contribution in [0, 0.1) is 0 Å². The van der Waals surface area contributed by atoms with Gasteiger partial charge >= 0.3 is 5.97 Å². The van der Waals surface area contributed by atoms with Crippen molar-refractivity contribution in [2.75, 3.05) is 0 Å². The zero-order chi connectivity index (χ0) is 19.1. The lowest BCUT2D eigenvalue weighted by Gasteiger charge is -2.08. The minimum atomic E-state index is -0.471. The van der Waals surface area contributed by atoms with Crippen molar-refractivity contribution in [3.05, 3.63) is 100 Å². The Kier molecular flexibility index (Phi) is 6.12. The average molecular weight is 423 g/mol. The molecular formula is C21H15BrN2O3. The molecule has 0 spiro atoms. The van der Waals surface area contributed by atoms with Crippen LogP contribution in [0.5, 0.6) is 5.75 Å². The third-order valence-corrected chi connectivity index (χ3v) is 4.08. The van der Waals surface area contributed by atoms with Gasteiger partial charge in [-0.1, -0.05) is 52.3 Å². The maximum absolute atomic E-state index is 12.3. The second-order valence-corrected chi connectivity index (χ2v) is 6.42. The van der Waals surface area contributed by atoms with Gasteiger partial charge in [-0.3, -0.25) is 4.79 Å². The number of benzene rings is 3. The molecule has 0 fully saturated rings. The number of carbonyl (C=O) groups is 2. The van der Waals surface area contributed by atoms with Crippen LogP contribution in [0.4, 0.5) is 0 Å². The minimum absolute atomic E-state index is 0.329. The Morgan fingerprint density at radius 3 is 2.19 bits per heavy atom. The molecule has 0 aliphatic carbocycles. The summed E-state index contributed by atoms with van der Waals surface area (Å²) in [7, 11) is 0. The lowest BCUT2D eigenvalue weighted by atomic mass is 10.2. The van der Waals surface area contributed by atoms with Crippen LogP contribution in [-0.4, -0.2) is 18.1 Å². The zero-order valence-corrected chi connectivity index (χ0v) is 15.7. The molecule has 0 bridgehead atoms. The van der Waals surface area contributed by atoms with E-state index in [1.54, 1.807) is 66.7 Å². The van der Waals surface area contributed by atoms with Crippen molar-refractivity contribution < 1.29 is 14.3 Å².